The Hall–Kier alpha value is -3.69. The van der Waals surface area contributed by atoms with E-state index in [0.717, 1.165) is 11.3 Å². The van der Waals surface area contributed by atoms with E-state index in [1.54, 1.807) is 31.1 Å². The molecule has 2 N–H and O–H groups in total. The van der Waals surface area contributed by atoms with Gasteiger partial charge in [-0.25, -0.2) is 0 Å². The summed E-state index contributed by atoms with van der Waals surface area (Å²) in [5, 5.41) is 7.89. The Bertz CT molecular complexity index is 919. The lowest BCUT2D eigenvalue weighted by molar-refractivity contribution is 0.209. The topological polar surface area (TPSA) is 121 Å². The zero-order valence-corrected chi connectivity index (χ0v) is 15.9. The second-order valence-corrected chi connectivity index (χ2v) is 5.94. The summed E-state index contributed by atoms with van der Waals surface area (Å²) in [5.74, 6) is 1.82. The fraction of sp³-hybridized carbons (Fsp3) is 0.278. The first-order chi connectivity index (χ1) is 13.5. The van der Waals surface area contributed by atoms with Crippen LogP contribution in [0, 0.1) is 6.92 Å². The van der Waals surface area contributed by atoms with E-state index in [1.807, 2.05) is 31.2 Å². The highest BCUT2D eigenvalue weighted by molar-refractivity contribution is 5.35. The molecule has 0 amide bonds. The smallest absolute Gasteiger partial charge is 0.330 e. The standard InChI is InChI=1S/C18H21N7O3/c1-12-6-4-5-7-13(12)26-10-11-27-14-8-9-15(24-23-14)28-18-21-16(19)20-17(22-18)25(2)3/h4-9H,10-11H2,1-3H3,(H2,19,20,21,22). The van der Waals surface area contributed by atoms with Gasteiger partial charge < -0.3 is 24.8 Å². The van der Waals surface area contributed by atoms with Crippen molar-refractivity contribution in [1.82, 2.24) is 25.1 Å². The maximum absolute atomic E-state index is 5.67. The van der Waals surface area contributed by atoms with Crippen LogP contribution in [0.4, 0.5) is 11.9 Å². The summed E-state index contributed by atoms with van der Waals surface area (Å²) in [4.78, 5) is 13.7. The summed E-state index contributed by atoms with van der Waals surface area (Å²) < 4.78 is 16.7. The summed E-state index contributed by atoms with van der Waals surface area (Å²) in [7, 11) is 3.57. The average Bonchev–Trinajstić information content (AvgIpc) is 2.67. The fourth-order valence-electron chi connectivity index (χ4n) is 2.16. The second-order valence-electron chi connectivity index (χ2n) is 5.94. The second kappa shape index (κ2) is 8.80. The number of nitrogens with two attached hydrogens (primary N) is 1. The van der Waals surface area contributed by atoms with E-state index in [0.29, 0.717) is 25.0 Å². The van der Waals surface area contributed by atoms with E-state index in [4.69, 9.17) is 19.9 Å². The molecule has 0 radical (unpaired) electrons. The van der Waals surface area contributed by atoms with Gasteiger partial charge in [0.25, 0.3) is 0 Å². The maximum Gasteiger partial charge on any atom is 0.330 e. The van der Waals surface area contributed by atoms with Crippen LogP contribution in [0.1, 0.15) is 5.56 Å². The third kappa shape index (κ3) is 5.16. The fourth-order valence-corrected chi connectivity index (χ4v) is 2.16. The van der Waals surface area contributed by atoms with E-state index < -0.39 is 0 Å². The Morgan fingerprint density at radius 1 is 0.893 bits per heavy atom. The van der Waals surface area contributed by atoms with Crippen LogP contribution < -0.4 is 24.8 Å². The Balaban J connectivity index is 1.52. The lowest BCUT2D eigenvalue weighted by atomic mass is 10.2. The summed E-state index contributed by atoms with van der Waals surface area (Å²) >= 11 is 0. The van der Waals surface area contributed by atoms with Crippen LogP contribution >= 0.6 is 0 Å². The first-order valence-electron chi connectivity index (χ1n) is 8.53. The molecule has 0 spiro atoms. The van der Waals surface area contributed by atoms with Gasteiger partial charge in [0.15, 0.2) is 0 Å². The number of hydrogen-bond acceptors (Lipinski definition) is 10. The molecule has 0 saturated carbocycles. The molecular weight excluding hydrogens is 362 g/mol. The van der Waals surface area contributed by atoms with Gasteiger partial charge >= 0.3 is 6.01 Å². The van der Waals surface area contributed by atoms with Gasteiger partial charge in [0, 0.05) is 26.2 Å². The van der Waals surface area contributed by atoms with E-state index in [2.05, 4.69) is 25.1 Å². The number of rotatable bonds is 8. The number of anilines is 2. The van der Waals surface area contributed by atoms with Crippen LogP contribution in [0.5, 0.6) is 23.5 Å². The third-order valence-corrected chi connectivity index (χ3v) is 3.52. The third-order valence-electron chi connectivity index (χ3n) is 3.52. The number of hydrogen-bond donors (Lipinski definition) is 1. The van der Waals surface area contributed by atoms with E-state index in [1.165, 1.54) is 0 Å². The predicted octanol–water partition coefficient (Wildman–Crippen LogP) is 1.87. The minimum absolute atomic E-state index is 0.0331. The van der Waals surface area contributed by atoms with Gasteiger partial charge in [-0.05, 0) is 18.6 Å². The summed E-state index contributed by atoms with van der Waals surface area (Å²) in [6.07, 6.45) is 0. The highest BCUT2D eigenvalue weighted by Gasteiger charge is 2.09. The van der Waals surface area contributed by atoms with Crippen molar-refractivity contribution in [3.8, 4) is 23.5 Å². The van der Waals surface area contributed by atoms with Crippen LogP contribution in [0.2, 0.25) is 0 Å². The van der Waals surface area contributed by atoms with Crippen LogP contribution in [0.3, 0.4) is 0 Å². The summed E-state index contributed by atoms with van der Waals surface area (Å²) in [6, 6.07) is 11.1. The summed E-state index contributed by atoms with van der Waals surface area (Å²) in [5.41, 5.74) is 6.73. The SMILES string of the molecule is Cc1ccccc1OCCOc1ccc(Oc2nc(N)nc(N(C)C)n2)nn1. The highest BCUT2D eigenvalue weighted by Crippen LogP contribution is 2.19. The molecule has 3 aromatic rings. The van der Waals surface area contributed by atoms with Crippen LogP contribution in [-0.4, -0.2) is 52.5 Å². The lowest BCUT2D eigenvalue weighted by Crippen LogP contribution is -2.15. The van der Waals surface area contributed by atoms with Crippen molar-refractivity contribution in [3.05, 3.63) is 42.0 Å². The quantitative estimate of drug-likeness (QED) is 0.577. The van der Waals surface area contributed by atoms with Crippen molar-refractivity contribution in [2.24, 2.45) is 0 Å². The van der Waals surface area contributed by atoms with E-state index >= 15 is 0 Å². The Labute approximate surface area is 162 Å². The van der Waals surface area contributed by atoms with Crippen LogP contribution in [0.15, 0.2) is 36.4 Å². The van der Waals surface area contributed by atoms with Crippen molar-refractivity contribution in [1.29, 1.82) is 0 Å². The van der Waals surface area contributed by atoms with Crippen LogP contribution in [0.25, 0.3) is 0 Å². The number of benzene rings is 1. The van der Waals surface area contributed by atoms with Gasteiger partial charge in [-0.1, -0.05) is 18.2 Å². The number of aromatic nitrogens is 5. The Morgan fingerprint density at radius 2 is 1.61 bits per heavy atom. The molecule has 0 bridgehead atoms. The highest BCUT2D eigenvalue weighted by atomic mass is 16.5. The molecule has 0 atom stereocenters. The van der Waals surface area contributed by atoms with Gasteiger partial charge in [-0.3, -0.25) is 0 Å². The Morgan fingerprint density at radius 3 is 2.32 bits per heavy atom. The summed E-state index contributed by atoms with van der Waals surface area (Å²) in [6.45, 7) is 2.71. The molecule has 0 aliphatic heterocycles. The minimum atomic E-state index is 0.0331. The van der Waals surface area contributed by atoms with Gasteiger partial charge in [-0.2, -0.15) is 15.0 Å². The zero-order chi connectivity index (χ0) is 19.9. The number of para-hydroxylation sites is 1. The van der Waals surface area contributed by atoms with E-state index in [9.17, 15) is 0 Å². The molecule has 1 aromatic carbocycles. The molecule has 146 valence electrons. The first kappa shape index (κ1) is 19.1. The van der Waals surface area contributed by atoms with Gasteiger partial charge in [-0.15, -0.1) is 10.2 Å². The molecule has 28 heavy (non-hydrogen) atoms. The molecule has 0 aliphatic rings. The maximum atomic E-state index is 5.67. The van der Waals surface area contributed by atoms with Gasteiger partial charge in [0.1, 0.15) is 19.0 Å². The molecule has 2 heterocycles. The molecule has 10 nitrogen and oxygen atoms in total. The molecule has 0 saturated heterocycles. The van der Waals surface area contributed by atoms with Crippen molar-refractivity contribution >= 4 is 11.9 Å². The average molecular weight is 383 g/mol. The van der Waals surface area contributed by atoms with E-state index in [-0.39, 0.29) is 17.8 Å². The number of aryl methyl sites for hydroxylation is 1. The largest absolute Gasteiger partial charge is 0.490 e. The first-order valence-corrected chi connectivity index (χ1v) is 8.53. The normalized spacial score (nSPS) is 10.4. The molecular formula is C18H21N7O3. The molecule has 10 heteroatoms. The minimum Gasteiger partial charge on any atom is -0.490 e. The molecule has 0 aliphatic carbocycles. The lowest BCUT2D eigenvalue weighted by Gasteiger charge is -2.11. The number of ether oxygens (including phenoxy) is 3. The van der Waals surface area contributed by atoms with Crippen LogP contribution in [-0.2, 0) is 0 Å². The van der Waals surface area contributed by atoms with Gasteiger partial charge in [0.05, 0.1) is 0 Å². The van der Waals surface area contributed by atoms with Crippen molar-refractivity contribution in [3.63, 3.8) is 0 Å². The molecule has 0 fully saturated rings. The predicted molar refractivity (Wildman–Crippen MR) is 103 cm³/mol. The molecule has 3 rings (SSSR count). The monoisotopic (exact) mass is 383 g/mol. The van der Waals surface area contributed by atoms with Gasteiger partial charge in [0.2, 0.25) is 23.7 Å². The number of nitrogen functional groups attached to an aromatic ring is 1. The molecule has 2 aromatic heterocycles. The van der Waals surface area contributed by atoms with Crippen molar-refractivity contribution < 1.29 is 14.2 Å². The number of nitrogens with zero attached hydrogens (tertiary/aromatic N) is 6. The zero-order valence-electron chi connectivity index (χ0n) is 15.9. The van der Waals surface area contributed by atoms with Crippen molar-refractivity contribution in [2.75, 3.05) is 37.9 Å². The Kier molecular flexibility index (Phi) is 6.00. The molecule has 0 unspecified atom stereocenters. The van der Waals surface area contributed by atoms with Crippen molar-refractivity contribution in [2.45, 2.75) is 6.92 Å².